The van der Waals surface area contributed by atoms with E-state index in [1.54, 1.807) is 0 Å². The van der Waals surface area contributed by atoms with Gasteiger partial charge in [0.2, 0.25) is 0 Å². The Morgan fingerprint density at radius 2 is 1.81 bits per heavy atom. The maximum absolute atomic E-state index is 5.83. The number of rotatable bonds is 4. The van der Waals surface area contributed by atoms with Crippen molar-refractivity contribution in [1.82, 2.24) is 5.16 Å². The fourth-order valence-electron chi connectivity index (χ4n) is 2.13. The fraction of sp³-hybridized carbons (Fsp3) is 0.167. The molecule has 3 aromatic rings. The van der Waals surface area contributed by atoms with Gasteiger partial charge in [-0.2, -0.15) is 0 Å². The highest BCUT2D eigenvalue weighted by atomic mass is 16.5. The molecule has 0 atom stereocenters. The van der Waals surface area contributed by atoms with Gasteiger partial charge in [0.15, 0.2) is 5.76 Å². The van der Waals surface area contributed by atoms with Crippen molar-refractivity contribution < 1.29 is 9.26 Å². The van der Waals surface area contributed by atoms with E-state index in [0.717, 1.165) is 28.3 Å². The van der Waals surface area contributed by atoms with Crippen molar-refractivity contribution in [3.8, 4) is 17.1 Å². The summed E-state index contributed by atoms with van der Waals surface area (Å²) in [5.74, 6) is 1.65. The molecule has 0 fully saturated rings. The molecule has 0 bridgehead atoms. The zero-order valence-electron chi connectivity index (χ0n) is 12.2. The first kappa shape index (κ1) is 13.4. The second-order valence-corrected chi connectivity index (χ2v) is 5.11. The normalized spacial score (nSPS) is 10.6. The van der Waals surface area contributed by atoms with Gasteiger partial charge in [0.25, 0.3) is 0 Å². The Kier molecular flexibility index (Phi) is 3.73. The third kappa shape index (κ3) is 3.14. The van der Waals surface area contributed by atoms with E-state index >= 15 is 0 Å². The van der Waals surface area contributed by atoms with Crippen LogP contribution in [0.5, 0.6) is 5.75 Å². The molecule has 0 radical (unpaired) electrons. The van der Waals surface area contributed by atoms with Gasteiger partial charge >= 0.3 is 0 Å². The Morgan fingerprint density at radius 3 is 2.62 bits per heavy atom. The molecule has 0 unspecified atom stereocenters. The Labute approximate surface area is 124 Å². The van der Waals surface area contributed by atoms with Gasteiger partial charge in [-0.15, -0.1) is 0 Å². The van der Waals surface area contributed by atoms with Crippen LogP contribution >= 0.6 is 0 Å². The van der Waals surface area contributed by atoms with Crippen molar-refractivity contribution >= 4 is 0 Å². The Hall–Kier alpha value is -2.55. The van der Waals surface area contributed by atoms with Crippen molar-refractivity contribution in [2.45, 2.75) is 20.5 Å². The predicted molar refractivity (Wildman–Crippen MR) is 82.2 cm³/mol. The first-order valence-electron chi connectivity index (χ1n) is 6.93. The van der Waals surface area contributed by atoms with Gasteiger partial charge in [-0.25, -0.2) is 0 Å². The molecule has 3 heteroatoms. The number of nitrogens with zero attached hydrogens (tertiary/aromatic N) is 1. The van der Waals surface area contributed by atoms with Gasteiger partial charge in [-0.3, -0.25) is 0 Å². The van der Waals surface area contributed by atoms with Crippen molar-refractivity contribution in [2.75, 3.05) is 0 Å². The van der Waals surface area contributed by atoms with Crippen molar-refractivity contribution in [2.24, 2.45) is 0 Å². The van der Waals surface area contributed by atoms with E-state index in [-0.39, 0.29) is 0 Å². The molecule has 3 nitrogen and oxygen atoms in total. The average Bonchev–Trinajstić information content (AvgIpc) is 2.98. The van der Waals surface area contributed by atoms with E-state index in [1.165, 1.54) is 5.56 Å². The van der Waals surface area contributed by atoms with Crippen LogP contribution in [0.25, 0.3) is 11.3 Å². The lowest BCUT2D eigenvalue weighted by Gasteiger charge is -2.08. The number of hydrogen-bond acceptors (Lipinski definition) is 3. The summed E-state index contributed by atoms with van der Waals surface area (Å²) in [6.45, 7) is 4.49. The molecule has 0 N–H and O–H groups in total. The van der Waals surface area contributed by atoms with Gasteiger partial charge in [0, 0.05) is 11.6 Å². The second kappa shape index (κ2) is 5.83. The lowest BCUT2D eigenvalue weighted by molar-refractivity contribution is 0.288. The minimum Gasteiger partial charge on any atom is -0.487 e. The molecule has 106 valence electrons. The molecule has 0 aliphatic rings. The van der Waals surface area contributed by atoms with Gasteiger partial charge in [0.1, 0.15) is 18.1 Å². The lowest BCUT2D eigenvalue weighted by atomic mass is 10.1. The summed E-state index contributed by atoms with van der Waals surface area (Å²) in [4.78, 5) is 0. The number of aromatic nitrogens is 1. The second-order valence-electron chi connectivity index (χ2n) is 5.11. The van der Waals surface area contributed by atoms with Crippen LogP contribution in [0.4, 0.5) is 0 Å². The number of aryl methyl sites for hydroxylation is 2. The molecule has 0 aliphatic carbocycles. The van der Waals surface area contributed by atoms with Gasteiger partial charge in [-0.05, 0) is 31.0 Å². The average molecular weight is 279 g/mol. The number of ether oxygens (including phenoxy) is 1. The molecule has 0 amide bonds. The largest absolute Gasteiger partial charge is 0.487 e. The third-order valence-electron chi connectivity index (χ3n) is 3.34. The van der Waals surface area contributed by atoms with E-state index < -0.39 is 0 Å². The summed E-state index contributed by atoms with van der Waals surface area (Å²) >= 11 is 0. The smallest absolute Gasteiger partial charge is 0.167 e. The van der Waals surface area contributed by atoms with Crippen LogP contribution in [0.3, 0.4) is 0 Å². The zero-order valence-corrected chi connectivity index (χ0v) is 12.2. The van der Waals surface area contributed by atoms with E-state index in [9.17, 15) is 0 Å². The Bertz CT molecular complexity index is 732. The summed E-state index contributed by atoms with van der Waals surface area (Å²) in [7, 11) is 0. The van der Waals surface area contributed by atoms with E-state index in [1.807, 2.05) is 49.4 Å². The van der Waals surface area contributed by atoms with Crippen LogP contribution in [-0.2, 0) is 6.61 Å². The lowest BCUT2D eigenvalue weighted by Crippen LogP contribution is -1.97. The summed E-state index contributed by atoms with van der Waals surface area (Å²) in [5, 5.41) is 4.06. The summed E-state index contributed by atoms with van der Waals surface area (Å²) in [5.41, 5.74) is 4.10. The van der Waals surface area contributed by atoms with E-state index in [4.69, 9.17) is 9.26 Å². The maximum Gasteiger partial charge on any atom is 0.167 e. The zero-order chi connectivity index (χ0) is 14.7. The maximum atomic E-state index is 5.83. The van der Waals surface area contributed by atoms with Gasteiger partial charge in [-0.1, -0.05) is 47.6 Å². The molecular weight excluding hydrogens is 262 g/mol. The van der Waals surface area contributed by atoms with Crippen molar-refractivity contribution in [1.29, 1.82) is 0 Å². The van der Waals surface area contributed by atoms with E-state index in [2.05, 4.69) is 24.2 Å². The highest BCUT2D eigenvalue weighted by Crippen LogP contribution is 2.23. The minimum atomic E-state index is 0.403. The topological polar surface area (TPSA) is 35.3 Å². The van der Waals surface area contributed by atoms with Crippen LogP contribution in [-0.4, -0.2) is 5.16 Å². The Morgan fingerprint density at radius 1 is 1.00 bits per heavy atom. The highest BCUT2D eigenvalue weighted by molar-refractivity contribution is 5.56. The van der Waals surface area contributed by atoms with Crippen LogP contribution in [0.15, 0.2) is 59.1 Å². The summed E-state index contributed by atoms with van der Waals surface area (Å²) in [6.07, 6.45) is 0. The molecule has 1 heterocycles. The monoisotopic (exact) mass is 279 g/mol. The molecular formula is C18H17NO2. The van der Waals surface area contributed by atoms with Gasteiger partial charge in [0.05, 0.1) is 0 Å². The van der Waals surface area contributed by atoms with Crippen LogP contribution in [0, 0.1) is 13.8 Å². The quantitative estimate of drug-likeness (QED) is 0.703. The number of hydrogen-bond donors (Lipinski definition) is 0. The molecule has 0 aliphatic heterocycles. The molecule has 1 aromatic heterocycles. The summed E-state index contributed by atoms with van der Waals surface area (Å²) in [6, 6.07) is 18.0. The number of benzene rings is 2. The molecule has 3 rings (SSSR count). The third-order valence-corrected chi connectivity index (χ3v) is 3.34. The van der Waals surface area contributed by atoms with Crippen molar-refractivity contribution in [3.63, 3.8) is 0 Å². The van der Waals surface area contributed by atoms with Gasteiger partial charge < -0.3 is 9.26 Å². The molecule has 2 aromatic carbocycles. The van der Waals surface area contributed by atoms with Crippen LogP contribution in [0.2, 0.25) is 0 Å². The fourth-order valence-corrected chi connectivity index (χ4v) is 2.13. The standard InChI is InChI=1S/C18H17NO2/c1-13-8-9-14(2)17(10-13)20-12-16-11-18(21-19-16)15-6-4-3-5-7-15/h3-11H,12H2,1-2H3. The molecule has 0 spiro atoms. The highest BCUT2D eigenvalue weighted by Gasteiger charge is 2.08. The van der Waals surface area contributed by atoms with Crippen LogP contribution < -0.4 is 4.74 Å². The van der Waals surface area contributed by atoms with Crippen LogP contribution in [0.1, 0.15) is 16.8 Å². The van der Waals surface area contributed by atoms with E-state index in [0.29, 0.717) is 6.61 Å². The predicted octanol–water partition coefficient (Wildman–Crippen LogP) is 4.54. The molecule has 0 saturated carbocycles. The molecule has 0 saturated heterocycles. The molecule has 21 heavy (non-hydrogen) atoms. The summed E-state index contributed by atoms with van der Waals surface area (Å²) < 4.78 is 11.2. The SMILES string of the molecule is Cc1ccc(C)c(OCc2cc(-c3ccccc3)on2)c1. The first-order valence-corrected chi connectivity index (χ1v) is 6.93. The Balaban J connectivity index is 1.72. The minimum absolute atomic E-state index is 0.403. The first-order chi connectivity index (χ1) is 10.2. The van der Waals surface area contributed by atoms with Crippen molar-refractivity contribution in [3.05, 3.63) is 71.4 Å².